The fourth-order valence-corrected chi connectivity index (χ4v) is 0. The van der Waals surface area contributed by atoms with Gasteiger partial charge in [-0.15, -0.1) is 0 Å². The summed E-state index contributed by atoms with van der Waals surface area (Å²) in [6.45, 7) is 0. The van der Waals surface area contributed by atoms with E-state index < -0.39 is 9.05 Å². The predicted octanol–water partition coefficient (Wildman–Crippen LogP) is -5.51. The summed E-state index contributed by atoms with van der Waals surface area (Å²) < 4.78 is 0. The molecule has 7 heavy (non-hydrogen) atoms. The molecule has 0 unspecified atom stereocenters. The molecule has 4 N–H and O–H groups in total. The van der Waals surface area contributed by atoms with Crippen LogP contribution >= 0.6 is 0 Å². The van der Waals surface area contributed by atoms with Crippen molar-refractivity contribution in [1.82, 2.24) is 0 Å². The summed E-state index contributed by atoms with van der Waals surface area (Å²) in [7, 11) is -4.61. The molecule has 7 heteroatoms. The maximum absolute atomic E-state index is 7.33. The molecule has 0 radical (unpaired) electrons. The van der Waals surface area contributed by atoms with Gasteiger partial charge in [0.15, 0.2) is 0 Å². The molecule has 0 atom stereocenters. The molecular formula is H12GeO4Si2. The molecule has 0 aliphatic carbocycles. The van der Waals surface area contributed by atoms with Gasteiger partial charge < -0.3 is 19.2 Å². The standard InChI is InChI=1S/GeH4.H4O4Si.H4Si/c;1-5(2,3)4;/h1H4;1-4H;1H4. The molecule has 0 aliphatic heterocycles. The largest absolute Gasteiger partial charge is 0.0149 e. The van der Waals surface area contributed by atoms with E-state index in [1.807, 2.05) is 0 Å². The monoisotopic (exact) mass is 206 g/mol. The molecule has 0 amide bonds. The quantitative estimate of drug-likeness (QED) is 0.297. The third kappa shape index (κ3) is 237. The first-order valence-electron chi connectivity index (χ1n) is 0.894. The Morgan fingerprint density at radius 3 is 0.857 bits per heavy atom. The normalized spacial score (nSPS) is 8.57. The Labute approximate surface area is 57.3 Å². The number of hydrogen-bond acceptors (Lipinski definition) is 4. The topological polar surface area (TPSA) is 80.9 Å². The number of rotatable bonds is 0. The zero-order valence-electron chi connectivity index (χ0n) is 2.29. The molecule has 0 aromatic carbocycles. The van der Waals surface area contributed by atoms with Crippen molar-refractivity contribution >= 4 is 37.6 Å². The minimum absolute atomic E-state index is 0. The van der Waals surface area contributed by atoms with Gasteiger partial charge in [0.2, 0.25) is 0 Å². The maximum Gasteiger partial charge on any atom is -0.0149 e. The first kappa shape index (κ1) is 15.7. The molecule has 0 aromatic heterocycles. The van der Waals surface area contributed by atoms with Gasteiger partial charge in [0.1, 0.15) is 0 Å². The Morgan fingerprint density at radius 1 is 0.857 bits per heavy atom. The second kappa shape index (κ2) is 4.96. The molecular weight excluding hydrogens is 193 g/mol. The van der Waals surface area contributed by atoms with E-state index in [1.165, 1.54) is 0 Å². The van der Waals surface area contributed by atoms with Gasteiger partial charge in [-0.3, -0.25) is 0 Å². The summed E-state index contributed by atoms with van der Waals surface area (Å²) in [5.41, 5.74) is 0. The van der Waals surface area contributed by atoms with E-state index in [-0.39, 0.29) is 28.6 Å². The van der Waals surface area contributed by atoms with Gasteiger partial charge in [-0.25, -0.2) is 0 Å². The predicted molar refractivity (Wildman–Crippen MR) is 37.3 cm³/mol. The molecule has 0 saturated carbocycles. The fraction of sp³-hybridized carbons (Fsp3) is 0. The van der Waals surface area contributed by atoms with Gasteiger partial charge in [0, 0.05) is 0 Å². The molecule has 0 bridgehead atoms. The van der Waals surface area contributed by atoms with Crippen molar-refractivity contribution in [3.63, 3.8) is 0 Å². The molecule has 0 fully saturated rings. The zero-order chi connectivity index (χ0) is 4.50. The SMILES string of the molecule is O[Si](O)(O)O.[GeH4].[SiH4]. The third-order valence-electron chi connectivity index (χ3n) is 0. The average molecular weight is 205 g/mol. The molecule has 4 nitrogen and oxygen atoms in total. The van der Waals surface area contributed by atoms with Crippen molar-refractivity contribution in [2.75, 3.05) is 0 Å². The summed E-state index contributed by atoms with van der Waals surface area (Å²) >= 11 is 0. The third-order valence-corrected chi connectivity index (χ3v) is 0. The molecule has 48 valence electrons. The fourth-order valence-electron chi connectivity index (χ4n) is 0. The van der Waals surface area contributed by atoms with Crippen molar-refractivity contribution in [2.24, 2.45) is 0 Å². The first-order chi connectivity index (χ1) is 2.00. The molecule has 0 aromatic rings. The van der Waals surface area contributed by atoms with Crippen LogP contribution in [-0.2, 0) is 0 Å². The van der Waals surface area contributed by atoms with E-state index in [0.717, 1.165) is 0 Å². The molecule has 0 saturated heterocycles. The van der Waals surface area contributed by atoms with E-state index in [4.69, 9.17) is 19.2 Å². The Bertz CT molecular complexity index is 25.2. The summed E-state index contributed by atoms with van der Waals surface area (Å²) in [5, 5.41) is 0. The van der Waals surface area contributed by atoms with E-state index in [1.54, 1.807) is 0 Å². The van der Waals surface area contributed by atoms with Crippen LogP contribution in [0.1, 0.15) is 0 Å². The number of hydrogen-bond donors (Lipinski definition) is 4. The summed E-state index contributed by atoms with van der Waals surface area (Å²) in [6.07, 6.45) is 0. The minimum Gasteiger partial charge on any atom is -0.0149 e. The van der Waals surface area contributed by atoms with Crippen molar-refractivity contribution in [1.29, 1.82) is 0 Å². The van der Waals surface area contributed by atoms with Gasteiger partial charge >= 0.3 is 26.6 Å². The maximum atomic E-state index is 7.33. The van der Waals surface area contributed by atoms with Gasteiger partial charge in [-0.05, 0) is 11.0 Å². The minimum atomic E-state index is -4.61. The Balaban J connectivity index is -0.0000000800. The van der Waals surface area contributed by atoms with Crippen molar-refractivity contribution in [2.45, 2.75) is 0 Å². The molecule has 0 rings (SSSR count). The zero-order valence-corrected chi connectivity index (χ0v) is 3.29. The summed E-state index contributed by atoms with van der Waals surface area (Å²) in [5.74, 6) is 0. The second-order valence-electron chi connectivity index (χ2n) is 0.600. The smallest absolute Gasteiger partial charge is 0.0149 e. The van der Waals surface area contributed by atoms with Crippen molar-refractivity contribution in [3.8, 4) is 0 Å². The van der Waals surface area contributed by atoms with Crippen LogP contribution in [-0.4, -0.2) is 56.8 Å². The Hall–Kier alpha value is 0.817. The van der Waals surface area contributed by atoms with Crippen LogP contribution in [0.3, 0.4) is 0 Å². The van der Waals surface area contributed by atoms with Gasteiger partial charge in [-0.2, -0.15) is 0 Å². The molecule has 0 aliphatic rings. The van der Waals surface area contributed by atoms with Crippen molar-refractivity contribution in [3.05, 3.63) is 0 Å². The summed E-state index contributed by atoms with van der Waals surface area (Å²) in [6, 6.07) is 0. The van der Waals surface area contributed by atoms with Crippen LogP contribution in [0.25, 0.3) is 0 Å². The van der Waals surface area contributed by atoms with E-state index in [2.05, 4.69) is 0 Å². The summed E-state index contributed by atoms with van der Waals surface area (Å²) in [4.78, 5) is 29.3. The van der Waals surface area contributed by atoms with Crippen LogP contribution < -0.4 is 0 Å². The van der Waals surface area contributed by atoms with Crippen LogP contribution in [0.15, 0.2) is 0 Å². The van der Waals surface area contributed by atoms with E-state index >= 15 is 0 Å². The van der Waals surface area contributed by atoms with Gasteiger partial charge in [-0.1, -0.05) is 0 Å². The first-order valence-corrected chi connectivity index (χ1v) is 2.68. The molecule has 0 spiro atoms. The van der Waals surface area contributed by atoms with Crippen LogP contribution in [0, 0.1) is 0 Å². The second-order valence-corrected chi connectivity index (χ2v) is 1.80. The van der Waals surface area contributed by atoms with Crippen LogP contribution in [0.5, 0.6) is 0 Å². The molecule has 0 heterocycles. The van der Waals surface area contributed by atoms with Gasteiger partial charge in [0.25, 0.3) is 0 Å². The Morgan fingerprint density at radius 2 is 0.857 bits per heavy atom. The Kier molecular flexibility index (Phi) is 11.1. The van der Waals surface area contributed by atoms with E-state index in [0.29, 0.717) is 0 Å². The van der Waals surface area contributed by atoms with Crippen LogP contribution in [0.4, 0.5) is 0 Å². The van der Waals surface area contributed by atoms with Gasteiger partial charge in [0.05, 0.1) is 0 Å². The van der Waals surface area contributed by atoms with E-state index in [9.17, 15) is 0 Å². The van der Waals surface area contributed by atoms with Crippen LogP contribution in [0.2, 0.25) is 0 Å². The van der Waals surface area contributed by atoms with Crippen molar-refractivity contribution < 1.29 is 19.2 Å². The average Bonchev–Trinajstić information content (AvgIpc) is 0.722.